The Bertz CT molecular complexity index is 707. The van der Waals surface area contributed by atoms with Gasteiger partial charge in [-0.3, -0.25) is 10.1 Å². The second-order valence-electron chi connectivity index (χ2n) is 4.22. The van der Waals surface area contributed by atoms with Crippen LogP contribution in [0.1, 0.15) is 5.56 Å². The molecule has 1 aromatic heterocycles. The van der Waals surface area contributed by atoms with Crippen molar-refractivity contribution in [3.8, 4) is 11.4 Å². The van der Waals surface area contributed by atoms with Gasteiger partial charge in [-0.25, -0.2) is 0 Å². The smallest absolute Gasteiger partial charge is 0.358 e. The third-order valence-corrected chi connectivity index (χ3v) is 3.12. The molecule has 1 aliphatic heterocycles. The molecule has 19 heavy (non-hydrogen) atoms. The molecular formula is C11H8N4O4. The van der Waals surface area contributed by atoms with E-state index in [1.165, 1.54) is 18.3 Å². The van der Waals surface area contributed by atoms with Gasteiger partial charge in [0.25, 0.3) is 11.5 Å². The lowest BCUT2D eigenvalue weighted by atomic mass is 10.00. The van der Waals surface area contributed by atoms with Gasteiger partial charge in [0.15, 0.2) is 0 Å². The fraction of sp³-hybridized carbons (Fsp3) is 0.182. The molecule has 0 atom stereocenters. The largest absolute Gasteiger partial charge is 0.382 e. The van der Waals surface area contributed by atoms with Crippen LogP contribution in [0, 0.1) is 20.2 Å². The van der Waals surface area contributed by atoms with Crippen molar-refractivity contribution in [2.45, 2.75) is 13.0 Å². The van der Waals surface area contributed by atoms with E-state index in [1.54, 1.807) is 10.6 Å². The van der Waals surface area contributed by atoms with E-state index in [0.29, 0.717) is 24.4 Å². The Hall–Kier alpha value is -2.77. The first-order valence-electron chi connectivity index (χ1n) is 5.55. The van der Waals surface area contributed by atoms with E-state index >= 15 is 0 Å². The number of benzene rings is 1. The highest BCUT2D eigenvalue weighted by atomic mass is 16.6. The number of hydrogen-bond acceptors (Lipinski definition) is 5. The van der Waals surface area contributed by atoms with Gasteiger partial charge in [0.05, 0.1) is 10.5 Å². The molecule has 0 saturated heterocycles. The Morgan fingerprint density at radius 1 is 1.21 bits per heavy atom. The van der Waals surface area contributed by atoms with Crippen LogP contribution in [0.5, 0.6) is 0 Å². The molecule has 0 aliphatic carbocycles. The Kier molecular flexibility index (Phi) is 2.31. The van der Waals surface area contributed by atoms with Crippen LogP contribution in [0.2, 0.25) is 0 Å². The molecule has 2 aromatic rings. The first kappa shape index (κ1) is 11.3. The highest BCUT2D eigenvalue weighted by molar-refractivity contribution is 5.67. The molecule has 0 unspecified atom stereocenters. The molecule has 0 bridgehead atoms. The van der Waals surface area contributed by atoms with Crippen molar-refractivity contribution in [1.29, 1.82) is 0 Å². The molecule has 0 N–H and O–H groups in total. The lowest BCUT2D eigenvalue weighted by molar-refractivity contribution is -0.389. The highest BCUT2D eigenvalue weighted by Gasteiger charge is 2.27. The predicted octanol–water partition coefficient (Wildman–Crippen LogP) is 1.92. The third kappa shape index (κ3) is 1.73. The van der Waals surface area contributed by atoms with Crippen LogP contribution >= 0.6 is 0 Å². The van der Waals surface area contributed by atoms with Crippen LogP contribution in [0.25, 0.3) is 11.4 Å². The van der Waals surface area contributed by atoms with Crippen LogP contribution < -0.4 is 0 Å². The molecule has 0 amide bonds. The third-order valence-electron chi connectivity index (χ3n) is 3.12. The van der Waals surface area contributed by atoms with Gasteiger partial charge < -0.3 is 14.7 Å². The van der Waals surface area contributed by atoms with Crippen molar-refractivity contribution in [3.05, 3.63) is 50.2 Å². The molecule has 0 spiro atoms. The van der Waals surface area contributed by atoms with Gasteiger partial charge in [-0.05, 0) is 21.9 Å². The molecule has 96 valence electrons. The first-order chi connectivity index (χ1) is 9.06. The summed E-state index contributed by atoms with van der Waals surface area (Å²) in [5.74, 6) is 0.172. The SMILES string of the molecule is O=[N+]([O-])c1ccc2c(c1)-c1nc([N+](=O)[O-])cn1CC2. The summed E-state index contributed by atoms with van der Waals surface area (Å²) < 4.78 is 1.66. The maximum absolute atomic E-state index is 10.8. The number of rotatable bonds is 2. The summed E-state index contributed by atoms with van der Waals surface area (Å²) in [6, 6.07) is 4.53. The molecule has 0 radical (unpaired) electrons. The van der Waals surface area contributed by atoms with E-state index in [0.717, 1.165) is 5.56 Å². The van der Waals surface area contributed by atoms with Crippen LogP contribution in [0.4, 0.5) is 11.5 Å². The molecule has 3 rings (SSSR count). The number of fused-ring (bicyclic) bond motifs is 3. The first-order valence-corrected chi connectivity index (χ1v) is 5.55. The van der Waals surface area contributed by atoms with E-state index in [-0.39, 0.29) is 11.5 Å². The van der Waals surface area contributed by atoms with E-state index in [2.05, 4.69) is 4.98 Å². The number of aryl methyl sites for hydroxylation is 2. The maximum atomic E-state index is 10.8. The number of nitro groups is 2. The Balaban J connectivity index is 2.18. The Labute approximate surface area is 106 Å². The van der Waals surface area contributed by atoms with E-state index < -0.39 is 9.85 Å². The minimum Gasteiger partial charge on any atom is -0.358 e. The average Bonchev–Trinajstić information content (AvgIpc) is 2.82. The molecule has 8 heteroatoms. The van der Waals surface area contributed by atoms with Gasteiger partial charge in [-0.1, -0.05) is 6.07 Å². The predicted molar refractivity (Wildman–Crippen MR) is 64.7 cm³/mol. The topological polar surface area (TPSA) is 104 Å². The molecule has 0 saturated carbocycles. The fourth-order valence-electron chi connectivity index (χ4n) is 2.22. The average molecular weight is 260 g/mol. The number of non-ortho nitro benzene ring substituents is 1. The molecule has 1 aliphatic rings. The minimum atomic E-state index is -0.567. The van der Waals surface area contributed by atoms with E-state index in [4.69, 9.17) is 0 Å². The summed E-state index contributed by atoms with van der Waals surface area (Å²) in [5.41, 5.74) is 1.46. The highest BCUT2D eigenvalue weighted by Crippen LogP contribution is 2.33. The van der Waals surface area contributed by atoms with Gasteiger partial charge in [-0.2, -0.15) is 0 Å². The molecule has 1 aromatic carbocycles. The number of aromatic nitrogens is 2. The van der Waals surface area contributed by atoms with Gasteiger partial charge >= 0.3 is 5.82 Å². The molecule has 8 nitrogen and oxygen atoms in total. The zero-order chi connectivity index (χ0) is 13.6. The van der Waals surface area contributed by atoms with Crippen LogP contribution in [-0.4, -0.2) is 19.4 Å². The minimum absolute atomic E-state index is 0.0437. The van der Waals surface area contributed by atoms with Crippen LogP contribution in [-0.2, 0) is 13.0 Å². The van der Waals surface area contributed by atoms with Gasteiger partial charge in [-0.15, -0.1) is 0 Å². The van der Waals surface area contributed by atoms with E-state index in [1.807, 2.05) is 0 Å². The van der Waals surface area contributed by atoms with Crippen molar-refractivity contribution in [1.82, 2.24) is 9.55 Å². The summed E-state index contributed by atoms with van der Waals surface area (Å²) in [6.07, 6.45) is 2.03. The van der Waals surface area contributed by atoms with E-state index in [9.17, 15) is 20.2 Å². The number of nitro benzene ring substituents is 1. The Morgan fingerprint density at radius 3 is 2.68 bits per heavy atom. The Morgan fingerprint density at radius 2 is 2.00 bits per heavy atom. The standard InChI is InChI=1S/C11H8N4O4/c16-14(17)8-2-1-7-3-4-13-6-10(15(18)19)12-11(13)9(7)5-8/h1-2,5-6H,3-4H2. The zero-order valence-corrected chi connectivity index (χ0v) is 9.65. The summed E-state index contributed by atoms with van der Waals surface area (Å²) >= 11 is 0. The van der Waals surface area contributed by atoms with Gasteiger partial charge in [0.2, 0.25) is 0 Å². The summed E-state index contributed by atoms with van der Waals surface area (Å²) in [4.78, 5) is 24.4. The second kappa shape index (κ2) is 3.87. The van der Waals surface area contributed by atoms with Crippen LogP contribution in [0.3, 0.4) is 0 Å². The molecule has 0 fully saturated rings. The van der Waals surface area contributed by atoms with Crippen molar-refractivity contribution in [2.24, 2.45) is 0 Å². The summed E-state index contributed by atoms with van der Waals surface area (Å²) in [6.45, 7) is 0.584. The van der Waals surface area contributed by atoms with Gasteiger partial charge in [0.1, 0.15) is 6.20 Å². The summed E-state index contributed by atoms with van der Waals surface area (Å²) in [5, 5.41) is 21.5. The molecule has 2 heterocycles. The normalized spacial score (nSPS) is 12.6. The molecular weight excluding hydrogens is 252 g/mol. The van der Waals surface area contributed by atoms with Crippen molar-refractivity contribution < 1.29 is 9.85 Å². The monoisotopic (exact) mass is 260 g/mol. The van der Waals surface area contributed by atoms with Crippen molar-refractivity contribution in [2.75, 3.05) is 0 Å². The van der Waals surface area contributed by atoms with Crippen molar-refractivity contribution in [3.63, 3.8) is 0 Å². The lowest BCUT2D eigenvalue weighted by Crippen LogP contribution is -2.10. The maximum Gasteiger partial charge on any atom is 0.382 e. The van der Waals surface area contributed by atoms with Crippen molar-refractivity contribution >= 4 is 11.5 Å². The fourth-order valence-corrected chi connectivity index (χ4v) is 2.22. The quantitative estimate of drug-likeness (QED) is 0.606. The second-order valence-corrected chi connectivity index (χ2v) is 4.22. The number of nitrogens with zero attached hydrogens (tertiary/aromatic N) is 4. The van der Waals surface area contributed by atoms with Crippen LogP contribution in [0.15, 0.2) is 24.4 Å². The zero-order valence-electron chi connectivity index (χ0n) is 9.65. The number of hydrogen-bond donors (Lipinski definition) is 0. The summed E-state index contributed by atoms with van der Waals surface area (Å²) in [7, 11) is 0. The lowest BCUT2D eigenvalue weighted by Gasteiger charge is -2.14. The number of imidazole rings is 1. The van der Waals surface area contributed by atoms with Gasteiger partial charge in [0, 0.05) is 18.7 Å².